The summed E-state index contributed by atoms with van der Waals surface area (Å²) >= 11 is 3.66. The first kappa shape index (κ1) is 23.2. The zero-order valence-corrected chi connectivity index (χ0v) is 20.6. The van der Waals surface area contributed by atoms with E-state index in [0.29, 0.717) is 13.2 Å². The standard InChI is InChI=1S/C20H36N8O3S2/c29-18-20(15-22-5-11-30-15,17-24-7-13-33-17)28(26-9-3-21-4-10-26)14-19(31-18,16-23-6-12-32-16)27-8-1-2-25-27/h15-17,21-25H,1-14H2. The van der Waals surface area contributed by atoms with Gasteiger partial charge < -0.3 is 20.1 Å². The topological polar surface area (TPSA) is 105 Å². The molecular weight excluding hydrogens is 464 g/mol. The van der Waals surface area contributed by atoms with Crippen LogP contribution in [0.4, 0.5) is 0 Å². The monoisotopic (exact) mass is 500 g/mol. The van der Waals surface area contributed by atoms with Crippen molar-refractivity contribution >= 4 is 29.5 Å². The summed E-state index contributed by atoms with van der Waals surface area (Å²) < 4.78 is 12.9. The van der Waals surface area contributed by atoms with Crippen LogP contribution in [0.25, 0.3) is 0 Å². The maximum absolute atomic E-state index is 14.5. The van der Waals surface area contributed by atoms with E-state index in [1.54, 1.807) is 11.8 Å². The van der Waals surface area contributed by atoms with Crippen LogP contribution in [-0.2, 0) is 14.3 Å². The Morgan fingerprint density at radius 3 is 2.33 bits per heavy atom. The lowest BCUT2D eigenvalue weighted by atomic mass is 9.90. The molecule has 0 aromatic rings. The van der Waals surface area contributed by atoms with Crippen LogP contribution in [0.15, 0.2) is 0 Å². The fourth-order valence-corrected chi connectivity index (χ4v) is 8.50. The van der Waals surface area contributed by atoms with Gasteiger partial charge >= 0.3 is 5.97 Å². The minimum absolute atomic E-state index is 0.0112. The molecule has 186 valence electrons. The maximum atomic E-state index is 14.5. The second kappa shape index (κ2) is 9.69. The van der Waals surface area contributed by atoms with Gasteiger partial charge in [-0.1, -0.05) is 0 Å². The molecule has 0 aromatic carbocycles. The number of cyclic esters (lactones) is 1. The number of esters is 1. The van der Waals surface area contributed by atoms with E-state index in [9.17, 15) is 4.79 Å². The number of thioether (sulfide) groups is 2. The number of carbonyl (C=O) groups is 1. The molecule has 6 fully saturated rings. The van der Waals surface area contributed by atoms with Gasteiger partial charge in [0.05, 0.1) is 18.5 Å². The van der Waals surface area contributed by atoms with Crippen molar-refractivity contribution in [3.63, 3.8) is 0 Å². The molecule has 5 unspecified atom stereocenters. The van der Waals surface area contributed by atoms with Gasteiger partial charge in [-0.25, -0.2) is 19.8 Å². The maximum Gasteiger partial charge on any atom is 0.336 e. The van der Waals surface area contributed by atoms with Crippen LogP contribution in [0.3, 0.4) is 0 Å². The second-order valence-electron chi connectivity index (χ2n) is 9.35. The van der Waals surface area contributed by atoms with Crippen molar-refractivity contribution in [3.8, 4) is 0 Å². The Hall–Kier alpha value is -0.190. The van der Waals surface area contributed by atoms with Crippen LogP contribution in [0, 0.1) is 0 Å². The van der Waals surface area contributed by atoms with Crippen molar-refractivity contribution in [2.75, 3.05) is 83.6 Å². The smallest absolute Gasteiger partial charge is 0.336 e. The second-order valence-corrected chi connectivity index (χ2v) is 11.8. The lowest BCUT2D eigenvalue weighted by Gasteiger charge is -2.60. The number of hydrogen-bond donors (Lipinski definition) is 5. The van der Waals surface area contributed by atoms with Crippen molar-refractivity contribution < 1.29 is 14.3 Å². The first-order valence-electron chi connectivity index (χ1n) is 12.3. The summed E-state index contributed by atoms with van der Waals surface area (Å²) in [5.41, 5.74) is 1.77. The Labute approximate surface area is 203 Å². The summed E-state index contributed by atoms with van der Waals surface area (Å²) in [6.45, 7) is 9.02. The van der Waals surface area contributed by atoms with Crippen molar-refractivity contribution in [2.45, 2.75) is 34.7 Å². The summed E-state index contributed by atoms with van der Waals surface area (Å²) in [6, 6.07) is 0. The Balaban J connectivity index is 1.45. The molecule has 11 nitrogen and oxygen atoms in total. The lowest BCUT2D eigenvalue weighted by molar-refractivity contribution is -0.282. The molecule has 33 heavy (non-hydrogen) atoms. The van der Waals surface area contributed by atoms with E-state index in [1.807, 2.05) is 11.8 Å². The predicted octanol–water partition coefficient (Wildman–Crippen LogP) is -2.42. The number of morpholine rings is 1. The number of carbonyl (C=O) groups excluding carboxylic acids is 1. The van der Waals surface area contributed by atoms with Gasteiger partial charge in [0.15, 0.2) is 5.54 Å². The van der Waals surface area contributed by atoms with Gasteiger partial charge in [-0.3, -0.25) is 16.1 Å². The van der Waals surface area contributed by atoms with Crippen molar-refractivity contribution in [1.29, 1.82) is 0 Å². The fraction of sp³-hybridized carbons (Fsp3) is 0.950. The van der Waals surface area contributed by atoms with Gasteiger partial charge in [0.25, 0.3) is 0 Å². The Morgan fingerprint density at radius 2 is 1.70 bits per heavy atom. The molecule has 0 aliphatic carbocycles. The first-order valence-corrected chi connectivity index (χ1v) is 14.4. The average Bonchev–Trinajstić information content (AvgIpc) is 3.68. The molecule has 0 saturated carbocycles. The third kappa shape index (κ3) is 3.84. The molecule has 6 saturated heterocycles. The lowest BCUT2D eigenvalue weighted by Crippen LogP contribution is -2.85. The number of hydrogen-bond acceptors (Lipinski definition) is 13. The summed E-state index contributed by atoms with van der Waals surface area (Å²) in [5, 5.41) is 21.0. The quantitative estimate of drug-likeness (QED) is 0.259. The van der Waals surface area contributed by atoms with E-state index >= 15 is 0 Å². The number of nitrogens with zero attached hydrogens (tertiary/aromatic N) is 3. The molecule has 6 aliphatic rings. The van der Waals surface area contributed by atoms with Gasteiger partial charge in [-0.05, 0) is 6.42 Å². The van der Waals surface area contributed by atoms with Crippen molar-refractivity contribution in [1.82, 2.24) is 41.7 Å². The van der Waals surface area contributed by atoms with Gasteiger partial charge in [0, 0.05) is 70.4 Å². The molecule has 0 aromatic heterocycles. The van der Waals surface area contributed by atoms with E-state index in [0.717, 1.165) is 76.8 Å². The van der Waals surface area contributed by atoms with Gasteiger partial charge in [0.2, 0.25) is 5.72 Å². The van der Waals surface area contributed by atoms with Crippen LogP contribution in [-0.4, -0.2) is 133 Å². The van der Waals surface area contributed by atoms with Gasteiger partial charge in [-0.15, -0.1) is 23.5 Å². The minimum atomic E-state index is -0.971. The average molecular weight is 501 g/mol. The van der Waals surface area contributed by atoms with Gasteiger partial charge in [-0.2, -0.15) is 0 Å². The number of nitrogens with one attached hydrogen (secondary N) is 5. The SMILES string of the molecule is O=C1OC(C2NCCS2)(N2CCCN2)CN(N2CCNCC2)C1(C1NCCO1)C1NCCS1. The number of piperazine rings is 1. The number of hydrazine groups is 2. The highest BCUT2D eigenvalue weighted by Gasteiger charge is 2.69. The van der Waals surface area contributed by atoms with Crippen LogP contribution in [0.2, 0.25) is 0 Å². The summed E-state index contributed by atoms with van der Waals surface area (Å²) in [7, 11) is 0. The van der Waals surface area contributed by atoms with Crippen LogP contribution in [0.1, 0.15) is 6.42 Å². The highest BCUT2D eigenvalue weighted by Crippen LogP contribution is 2.46. The van der Waals surface area contributed by atoms with Crippen molar-refractivity contribution in [3.05, 3.63) is 0 Å². The molecule has 0 spiro atoms. The number of rotatable bonds is 5. The van der Waals surface area contributed by atoms with Crippen LogP contribution in [0.5, 0.6) is 0 Å². The summed E-state index contributed by atoms with van der Waals surface area (Å²) in [4.78, 5) is 14.5. The molecular formula is C20H36N8O3S2. The number of ether oxygens (including phenoxy) is 2. The summed E-state index contributed by atoms with van der Waals surface area (Å²) in [5.74, 6) is 1.80. The third-order valence-corrected chi connectivity index (χ3v) is 10.1. The third-order valence-electron chi connectivity index (χ3n) is 7.51. The Morgan fingerprint density at radius 1 is 0.909 bits per heavy atom. The molecule has 0 bridgehead atoms. The summed E-state index contributed by atoms with van der Waals surface area (Å²) in [6.07, 6.45) is 0.625. The van der Waals surface area contributed by atoms with Crippen LogP contribution < -0.4 is 26.7 Å². The minimum Gasteiger partial charge on any atom is -0.437 e. The van der Waals surface area contributed by atoms with E-state index < -0.39 is 17.5 Å². The molecule has 13 heteroatoms. The van der Waals surface area contributed by atoms with Crippen molar-refractivity contribution in [2.24, 2.45) is 0 Å². The Bertz CT molecular complexity index is 673. The van der Waals surface area contributed by atoms with Gasteiger partial charge in [0.1, 0.15) is 11.6 Å². The molecule has 0 amide bonds. The molecule has 6 aliphatic heterocycles. The first-order chi connectivity index (χ1) is 16.2. The van der Waals surface area contributed by atoms with E-state index in [4.69, 9.17) is 9.47 Å². The van der Waals surface area contributed by atoms with Crippen LogP contribution >= 0.6 is 23.5 Å². The highest BCUT2D eigenvalue weighted by atomic mass is 32.2. The predicted molar refractivity (Wildman–Crippen MR) is 128 cm³/mol. The molecule has 5 atom stereocenters. The van der Waals surface area contributed by atoms with E-state index in [2.05, 4.69) is 41.7 Å². The van der Waals surface area contributed by atoms with E-state index in [1.165, 1.54) is 0 Å². The normalized spacial score (nSPS) is 44.0. The zero-order valence-electron chi connectivity index (χ0n) is 19.0. The zero-order chi connectivity index (χ0) is 22.3. The Kier molecular flexibility index (Phi) is 6.82. The molecule has 6 rings (SSSR count). The molecule has 5 N–H and O–H groups in total. The highest BCUT2D eigenvalue weighted by molar-refractivity contribution is 8.00. The fourth-order valence-electron chi connectivity index (χ4n) is 5.98. The van der Waals surface area contributed by atoms with E-state index in [-0.39, 0.29) is 16.7 Å². The molecule has 0 radical (unpaired) electrons. The largest absolute Gasteiger partial charge is 0.437 e. The molecule has 6 heterocycles.